The number of hydrogen-bond donors (Lipinski definition) is 0. The average Bonchev–Trinajstić information content (AvgIpc) is 2.99. The Morgan fingerprint density at radius 3 is 2.41 bits per heavy atom. The van der Waals surface area contributed by atoms with Crippen LogP contribution in [0.25, 0.3) is 16.9 Å². The zero-order valence-electron chi connectivity index (χ0n) is 12.4. The van der Waals surface area contributed by atoms with Gasteiger partial charge in [0.15, 0.2) is 0 Å². The fraction of sp³-hybridized carbons (Fsp3) is 0.278. The molecule has 112 valence electrons. The van der Waals surface area contributed by atoms with Crippen molar-refractivity contribution >= 4 is 11.3 Å². The summed E-state index contributed by atoms with van der Waals surface area (Å²) in [5.74, 6) is -0.222. The molecule has 2 aromatic heterocycles. The molecule has 1 fully saturated rings. The highest BCUT2D eigenvalue weighted by atomic mass is 19.1. The Kier molecular flexibility index (Phi) is 3.29. The van der Waals surface area contributed by atoms with Crippen LogP contribution in [0.1, 0.15) is 19.3 Å². The van der Waals surface area contributed by atoms with Gasteiger partial charge in [-0.1, -0.05) is 0 Å². The predicted octanol–water partition coefficient (Wildman–Crippen LogP) is 4.13. The molecule has 0 bridgehead atoms. The van der Waals surface area contributed by atoms with Crippen LogP contribution >= 0.6 is 0 Å². The van der Waals surface area contributed by atoms with E-state index in [1.807, 2.05) is 6.20 Å². The van der Waals surface area contributed by atoms with Gasteiger partial charge in [0.25, 0.3) is 0 Å². The van der Waals surface area contributed by atoms with Crippen molar-refractivity contribution in [1.82, 2.24) is 9.38 Å². The molecule has 0 radical (unpaired) electrons. The van der Waals surface area contributed by atoms with Crippen molar-refractivity contribution < 1.29 is 4.39 Å². The minimum Gasteiger partial charge on any atom is -0.370 e. The number of benzene rings is 1. The lowest BCUT2D eigenvalue weighted by Crippen LogP contribution is -2.29. The highest BCUT2D eigenvalue weighted by Crippen LogP contribution is 2.23. The van der Waals surface area contributed by atoms with Crippen molar-refractivity contribution in [3.63, 3.8) is 0 Å². The van der Waals surface area contributed by atoms with Crippen LogP contribution in [0.5, 0.6) is 0 Å². The summed E-state index contributed by atoms with van der Waals surface area (Å²) in [6, 6.07) is 10.7. The molecule has 4 heteroatoms. The predicted molar refractivity (Wildman–Crippen MR) is 86.7 cm³/mol. The van der Waals surface area contributed by atoms with Crippen LogP contribution in [-0.4, -0.2) is 22.5 Å². The molecule has 22 heavy (non-hydrogen) atoms. The molecule has 3 heterocycles. The van der Waals surface area contributed by atoms with Crippen molar-refractivity contribution in [2.75, 3.05) is 18.0 Å². The van der Waals surface area contributed by atoms with Crippen molar-refractivity contribution in [3.05, 3.63) is 54.6 Å². The molecular weight excluding hydrogens is 277 g/mol. The highest BCUT2D eigenvalue weighted by molar-refractivity contribution is 5.64. The molecule has 1 aliphatic heterocycles. The maximum atomic E-state index is 13.0. The number of aromatic nitrogens is 2. The van der Waals surface area contributed by atoms with E-state index in [1.165, 1.54) is 37.1 Å². The smallest absolute Gasteiger partial charge is 0.137 e. The molecule has 3 nitrogen and oxygen atoms in total. The molecule has 0 N–H and O–H groups in total. The summed E-state index contributed by atoms with van der Waals surface area (Å²) >= 11 is 0. The van der Waals surface area contributed by atoms with Crippen LogP contribution in [0.4, 0.5) is 10.1 Å². The van der Waals surface area contributed by atoms with Gasteiger partial charge in [0.2, 0.25) is 0 Å². The maximum Gasteiger partial charge on any atom is 0.137 e. The molecular formula is C18H18FN3. The number of halogens is 1. The van der Waals surface area contributed by atoms with Gasteiger partial charge < -0.3 is 9.30 Å². The first-order valence-corrected chi connectivity index (χ1v) is 7.79. The summed E-state index contributed by atoms with van der Waals surface area (Å²) in [6.07, 6.45) is 8.01. The third-order valence-electron chi connectivity index (χ3n) is 4.30. The van der Waals surface area contributed by atoms with E-state index >= 15 is 0 Å². The SMILES string of the molecule is Fc1ccc(-c2cn3cc(N4CCCCC4)ccc3n2)cc1. The van der Waals surface area contributed by atoms with Crippen LogP contribution in [0.3, 0.4) is 0 Å². The third kappa shape index (κ3) is 2.45. The van der Waals surface area contributed by atoms with E-state index in [9.17, 15) is 4.39 Å². The summed E-state index contributed by atoms with van der Waals surface area (Å²) in [5, 5.41) is 0. The molecule has 0 amide bonds. The molecule has 1 saturated heterocycles. The van der Waals surface area contributed by atoms with Crippen LogP contribution in [-0.2, 0) is 0 Å². The first-order valence-electron chi connectivity index (χ1n) is 7.79. The molecule has 4 rings (SSSR count). The first kappa shape index (κ1) is 13.3. The lowest BCUT2D eigenvalue weighted by molar-refractivity contribution is 0.577. The van der Waals surface area contributed by atoms with Crippen molar-refractivity contribution in [3.8, 4) is 11.3 Å². The largest absolute Gasteiger partial charge is 0.370 e. The monoisotopic (exact) mass is 295 g/mol. The Morgan fingerprint density at radius 1 is 0.864 bits per heavy atom. The lowest BCUT2D eigenvalue weighted by Gasteiger charge is -2.28. The van der Waals surface area contributed by atoms with Crippen LogP contribution in [0, 0.1) is 5.82 Å². The number of piperidine rings is 1. The Labute approximate surface area is 129 Å². The number of nitrogens with zero attached hydrogens (tertiary/aromatic N) is 3. The number of hydrogen-bond acceptors (Lipinski definition) is 2. The van der Waals surface area contributed by atoms with E-state index in [4.69, 9.17) is 0 Å². The van der Waals surface area contributed by atoms with Crippen LogP contribution in [0.15, 0.2) is 48.8 Å². The third-order valence-corrected chi connectivity index (χ3v) is 4.30. The number of imidazole rings is 1. The number of anilines is 1. The lowest BCUT2D eigenvalue weighted by atomic mass is 10.1. The zero-order chi connectivity index (χ0) is 14.9. The average molecular weight is 295 g/mol. The Hall–Kier alpha value is -2.36. The summed E-state index contributed by atoms with van der Waals surface area (Å²) in [4.78, 5) is 7.05. The quantitative estimate of drug-likeness (QED) is 0.708. The summed E-state index contributed by atoms with van der Waals surface area (Å²) in [6.45, 7) is 2.26. The van der Waals surface area contributed by atoms with Gasteiger partial charge in [-0.05, 0) is 55.7 Å². The molecule has 0 aliphatic carbocycles. The van der Waals surface area contributed by atoms with Crippen LogP contribution < -0.4 is 4.90 Å². The second kappa shape index (κ2) is 5.44. The van der Waals surface area contributed by atoms with Gasteiger partial charge in [0.1, 0.15) is 11.5 Å². The summed E-state index contributed by atoms with van der Waals surface area (Å²) in [5.41, 5.74) is 3.97. The molecule has 0 spiro atoms. The topological polar surface area (TPSA) is 20.5 Å². The number of pyridine rings is 1. The second-order valence-corrected chi connectivity index (χ2v) is 5.83. The van der Waals surface area contributed by atoms with E-state index in [1.54, 1.807) is 12.1 Å². The fourth-order valence-corrected chi connectivity index (χ4v) is 3.08. The number of rotatable bonds is 2. The Morgan fingerprint density at radius 2 is 1.64 bits per heavy atom. The normalized spacial score (nSPS) is 15.4. The first-order chi connectivity index (χ1) is 10.8. The second-order valence-electron chi connectivity index (χ2n) is 5.83. The zero-order valence-corrected chi connectivity index (χ0v) is 12.4. The van der Waals surface area contributed by atoms with Gasteiger partial charge in [-0.25, -0.2) is 9.37 Å². The van der Waals surface area contributed by atoms with E-state index in [0.29, 0.717) is 0 Å². The number of fused-ring (bicyclic) bond motifs is 1. The minimum absolute atomic E-state index is 0.222. The molecule has 0 atom stereocenters. The fourth-order valence-electron chi connectivity index (χ4n) is 3.08. The van der Waals surface area contributed by atoms with E-state index in [-0.39, 0.29) is 5.82 Å². The highest BCUT2D eigenvalue weighted by Gasteiger charge is 2.12. The van der Waals surface area contributed by atoms with Gasteiger partial charge in [-0.3, -0.25) is 0 Å². The van der Waals surface area contributed by atoms with E-state index in [2.05, 4.69) is 32.6 Å². The van der Waals surface area contributed by atoms with Crippen LogP contribution in [0.2, 0.25) is 0 Å². The maximum absolute atomic E-state index is 13.0. The molecule has 0 unspecified atom stereocenters. The van der Waals surface area contributed by atoms with Crippen molar-refractivity contribution in [2.24, 2.45) is 0 Å². The molecule has 1 aromatic carbocycles. The molecule has 0 saturated carbocycles. The summed E-state index contributed by atoms with van der Waals surface area (Å²) < 4.78 is 15.1. The summed E-state index contributed by atoms with van der Waals surface area (Å²) in [7, 11) is 0. The van der Waals surface area contributed by atoms with Crippen molar-refractivity contribution in [2.45, 2.75) is 19.3 Å². The molecule has 3 aromatic rings. The Balaban J connectivity index is 1.69. The van der Waals surface area contributed by atoms with Gasteiger partial charge >= 0.3 is 0 Å². The molecule has 1 aliphatic rings. The van der Waals surface area contributed by atoms with Gasteiger partial charge in [0, 0.05) is 31.0 Å². The Bertz CT molecular complexity index is 786. The minimum atomic E-state index is -0.222. The van der Waals surface area contributed by atoms with E-state index in [0.717, 1.165) is 30.0 Å². The van der Waals surface area contributed by atoms with E-state index < -0.39 is 0 Å². The van der Waals surface area contributed by atoms with Gasteiger partial charge in [-0.2, -0.15) is 0 Å². The van der Waals surface area contributed by atoms with Crippen molar-refractivity contribution in [1.29, 1.82) is 0 Å². The standard InChI is InChI=1S/C18H18FN3/c19-15-6-4-14(5-7-15)17-13-22-12-16(8-9-18(22)20-17)21-10-2-1-3-11-21/h4-9,12-13H,1-3,10-11H2. The van der Waals surface area contributed by atoms with Gasteiger partial charge in [0.05, 0.1) is 11.4 Å². The van der Waals surface area contributed by atoms with Gasteiger partial charge in [-0.15, -0.1) is 0 Å².